The molecule has 2 amide bonds. The van der Waals surface area contributed by atoms with Gasteiger partial charge in [-0.15, -0.1) is 0 Å². The maximum absolute atomic E-state index is 13.2. The number of anilines is 1. The van der Waals surface area contributed by atoms with E-state index in [1.807, 2.05) is 0 Å². The molecular formula is C20H20ClFN2O2. The van der Waals surface area contributed by atoms with Gasteiger partial charge in [-0.05, 0) is 68.7 Å². The highest BCUT2D eigenvalue weighted by Gasteiger charge is 2.29. The van der Waals surface area contributed by atoms with Gasteiger partial charge >= 0.3 is 0 Å². The molecule has 1 saturated carbocycles. The van der Waals surface area contributed by atoms with Crippen molar-refractivity contribution in [1.82, 2.24) is 5.32 Å². The Bertz CT molecular complexity index is 845. The fourth-order valence-electron chi connectivity index (χ4n) is 2.71. The molecule has 0 unspecified atom stereocenters. The lowest BCUT2D eigenvalue weighted by Crippen LogP contribution is -2.41. The second-order valence-corrected chi connectivity index (χ2v) is 7.45. The van der Waals surface area contributed by atoms with Gasteiger partial charge in [-0.25, -0.2) is 4.39 Å². The van der Waals surface area contributed by atoms with Gasteiger partial charge in [0.25, 0.3) is 5.91 Å². The van der Waals surface area contributed by atoms with Crippen LogP contribution in [0.25, 0.3) is 0 Å². The van der Waals surface area contributed by atoms with E-state index in [2.05, 4.69) is 10.6 Å². The van der Waals surface area contributed by atoms with Crippen LogP contribution < -0.4 is 10.6 Å². The summed E-state index contributed by atoms with van der Waals surface area (Å²) < 4.78 is 13.2. The second kappa shape index (κ2) is 7.08. The van der Waals surface area contributed by atoms with E-state index >= 15 is 0 Å². The maximum atomic E-state index is 13.2. The summed E-state index contributed by atoms with van der Waals surface area (Å²) in [6.45, 7) is 3.60. The SMILES string of the molecule is CC(C)(NC(=O)c1ccc(NC(=O)C2CC2)cc1)c1ccc(F)cc1Cl. The molecule has 26 heavy (non-hydrogen) atoms. The summed E-state index contributed by atoms with van der Waals surface area (Å²) in [7, 11) is 0. The van der Waals surface area contributed by atoms with E-state index in [9.17, 15) is 14.0 Å². The Morgan fingerprint density at radius 3 is 2.35 bits per heavy atom. The van der Waals surface area contributed by atoms with Crippen molar-refractivity contribution in [3.05, 3.63) is 64.4 Å². The highest BCUT2D eigenvalue weighted by atomic mass is 35.5. The third-order valence-corrected chi connectivity index (χ3v) is 4.71. The van der Waals surface area contributed by atoms with Crippen molar-refractivity contribution >= 4 is 29.1 Å². The first kappa shape index (κ1) is 18.4. The predicted molar refractivity (Wildman–Crippen MR) is 99.7 cm³/mol. The summed E-state index contributed by atoms with van der Waals surface area (Å²) in [6.07, 6.45) is 1.88. The van der Waals surface area contributed by atoms with Gasteiger partial charge in [0.05, 0.1) is 5.54 Å². The van der Waals surface area contributed by atoms with E-state index in [-0.39, 0.29) is 22.8 Å². The van der Waals surface area contributed by atoms with Gasteiger partial charge in [0.1, 0.15) is 5.82 Å². The maximum Gasteiger partial charge on any atom is 0.251 e. The van der Waals surface area contributed by atoms with Crippen LogP contribution in [0.2, 0.25) is 5.02 Å². The van der Waals surface area contributed by atoms with Crippen molar-refractivity contribution in [2.45, 2.75) is 32.2 Å². The van der Waals surface area contributed by atoms with E-state index < -0.39 is 11.4 Å². The van der Waals surface area contributed by atoms with Crippen LogP contribution >= 0.6 is 11.6 Å². The number of carbonyl (C=O) groups is 2. The van der Waals surface area contributed by atoms with Crippen LogP contribution in [0.3, 0.4) is 0 Å². The average Bonchev–Trinajstić information content (AvgIpc) is 3.39. The van der Waals surface area contributed by atoms with Crippen LogP contribution in [-0.2, 0) is 10.3 Å². The van der Waals surface area contributed by atoms with Gasteiger partial charge in [-0.2, -0.15) is 0 Å². The number of halogens is 2. The second-order valence-electron chi connectivity index (χ2n) is 7.04. The van der Waals surface area contributed by atoms with Gasteiger partial charge in [0, 0.05) is 22.2 Å². The summed E-state index contributed by atoms with van der Waals surface area (Å²) in [6, 6.07) is 10.8. The molecule has 2 aromatic carbocycles. The molecule has 4 nitrogen and oxygen atoms in total. The number of benzene rings is 2. The minimum atomic E-state index is -0.777. The quantitative estimate of drug-likeness (QED) is 0.809. The van der Waals surface area contributed by atoms with Crippen molar-refractivity contribution in [2.75, 3.05) is 5.32 Å². The Kier molecular flexibility index (Phi) is 5.01. The Morgan fingerprint density at radius 2 is 1.77 bits per heavy atom. The zero-order valence-corrected chi connectivity index (χ0v) is 15.4. The van der Waals surface area contributed by atoms with E-state index in [1.54, 1.807) is 44.2 Å². The van der Waals surface area contributed by atoms with Crippen LogP contribution in [0.5, 0.6) is 0 Å². The molecule has 6 heteroatoms. The Hall–Kier alpha value is -2.40. The lowest BCUT2D eigenvalue weighted by molar-refractivity contribution is -0.117. The van der Waals surface area contributed by atoms with E-state index in [1.165, 1.54) is 12.1 Å². The first-order valence-electron chi connectivity index (χ1n) is 8.45. The average molecular weight is 375 g/mol. The zero-order valence-electron chi connectivity index (χ0n) is 14.6. The molecular weight excluding hydrogens is 355 g/mol. The number of hydrogen-bond acceptors (Lipinski definition) is 2. The van der Waals surface area contributed by atoms with Gasteiger partial charge in [-0.1, -0.05) is 17.7 Å². The third kappa shape index (κ3) is 4.22. The smallest absolute Gasteiger partial charge is 0.251 e. The monoisotopic (exact) mass is 374 g/mol. The van der Waals surface area contributed by atoms with Gasteiger partial charge in [-0.3, -0.25) is 9.59 Å². The number of amides is 2. The number of nitrogens with one attached hydrogen (secondary N) is 2. The highest BCUT2D eigenvalue weighted by Crippen LogP contribution is 2.30. The molecule has 1 aliphatic carbocycles. The first-order chi connectivity index (χ1) is 12.3. The van der Waals surface area contributed by atoms with E-state index in [0.29, 0.717) is 16.8 Å². The molecule has 0 aromatic heterocycles. The molecule has 0 aliphatic heterocycles. The van der Waals surface area contributed by atoms with Gasteiger partial charge < -0.3 is 10.6 Å². The molecule has 0 atom stereocenters. The largest absolute Gasteiger partial charge is 0.343 e. The summed E-state index contributed by atoms with van der Waals surface area (Å²) in [5.41, 5.74) is 0.975. The predicted octanol–water partition coefficient (Wildman–Crippen LogP) is 4.49. The highest BCUT2D eigenvalue weighted by molar-refractivity contribution is 6.31. The zero-order chi connectivity index (χ0) is 18.9. The lowest BCUT2D eigenvalue weighted by Gasteiger charge is -2.28. The van der Waals surface area contributed by atoms with Crippen molar-refractivity contribution < 1.29 is 14.0 Å². The third-order valence-electron chi connectivity index (χ3n) is 4.39. The summed E-state index contributed by atoms with van der Waals surface area (Å²) in [5.74, 6) is -0.561. The van der Waals surface area contributed by atoms with Crippen molar-refractivity contribution in [1.29, 1.82) is 0 Å². The van der Waals surface area contributed by atoms with Crippen molar-refractivity contribution in [3.63, 3.8) is 0 Å². The molecule has 0 heterocycles. The fourth-order valence-corrected chi connectivity index (χ4v) is 3.12. The molecule has 0 bridgehead atoms. The molecule has 0 radical (unpaired) electrons. The standard InChI is InChI=1S/C20H20ClFN2O2/c1-20(2,16-10-7-14(22)11-17(16)21)24-19(26)13-5-8-15(9-6-13)23-18(25)12-3-4-12/h5-12H,3-4H2,1-2H3,(H,23,25)(H,24,26). The number of carbonyl (C=O) groups excluding carboxylic acids is 2. The first-order valence-corrected chi connectivity index (χ1v) is 8.83. The van der Waals surface area contributed by atoms with Crippen LogP contribution in [0, 0.1) is 11.7 Å². The minimum Gasteiger partial charge on any atom is -0.343 e. The number of rotatable bonds is 5. The minimum absolute atomic E-state index is 0.0225. The molecule has 0 spiro atoms. The molecule has 1 fully saturated rings. The van der Waals surface area contributed by atoms with Gasteiger partial charge in [0.15, 0.2) is 0 Å². The molecule has 0 saturated heterocycles. The summed E-state index contributed by atoms with van der Waals surface area (Å²) >= 11 is 6.11. The van der Waals surface area contributed by atoms with Crippen LogP contribution in [0.1, 0.15) is 42.6 Å². The normalized spacial score (nSPS) is 14.0. The van der Waals surface area contributed by atoms with E-state index in [0.717, 1.165) is 12.8 Å². The van der Waals surface area contributed by atoms with Crippen LogP contribution in [0.15, 0.2) is 42.5 Å². The number of hydrogen-bond donors (Lipinski definition) is 2. The summed E-state index contributed by atoms with van der Waals surface area (Å²) in [5, 5.41) is 6.00. The molecule has 136 valence electrons. The molecule has 1 aliphatic rings. The van der Waals surface area contributed by atoms with Crippen LogP contribution in [0.4, 0.5) is 10.1 Å². The fraction of sp³-hybridized carbons (Fsp3) is 0.300. The molecule has 2 N–H and O–H groups in total. The van der Waals surface area contributed by atoms with Gasteiger partial charge in [0.2, 0.25) is 5.91 Å². The summed E-state index contributed by atoms with van der Waals surface area (Å²) in [4.78, 5) is 24.3. The molecule has 2 aromatic rings. The topological polar surface area (TPSA) is 58.2 Å². The Labute approximate surface area is 156 Å². The lowest BCUT2D eigenvalue weighted by atomic mass is 9.93. The Morgan fingerprint density at radius 1 is 1.12 bits per heavy atom. The molecule has 3 rings (SSSR count). The van der Waals surface area contributed by atoms with Crippen molar-refractivity contribution in [2.24, 2.45) is 5.92 Å². The van der Waals surface area contributed by atoms with E-state index in [4.69, 9.17) is 11.6 Å². The Balaban J connectivity index is 1.69. The van der Waals surface area contributed by atoms with Crippen molar-refractivity contribution in [3.8, 4) is 0 Å². The van der Waals surface area contributed by atoms with Crippen LogP contribution in [-0.4, -0.2) is 11.8 Å².